The number of nitrogens with zero attached hydrogens (tertiary/aromatic N) is 2. The lowest BCUT2D eigenvalue weighted by molar-refractivity contribution is -0.121. The summed E-state index contributed by atoms with van der Waals surface area (Å²) >= 11 is 1.57. The van der Waals surface area contributed by atoms with Crippen LogP contribution in [0.25, 0.3) is 10.2 Å². The number of aromatic nitrogens is 2. The number of ether oxygens (including phenoxy) is 2. The van der Waals surface area contributed by atoms with Crippen LogP contribution in [-0.4, -0.2) is 29.6 Å². The third-order valence-corrected chi connectivity index (χ3v) is 4.04. The van der Waals surface area contributed by atoms with Crippen LogP contribution in [0.2, 0.25) is 0 Å². The number of nitrogens with one attached hydrogen (secondary N) is 1. The van der Waals surface area contributed by atoms with E-state index < -0.39 is 0 Å². The minimum atomic E-state index is -0.238. The van der Waals surface area contributed by atoms with Gasteiger partial charge in [-0.2, -0.15) is 0 Å². The van der Waals surface area contributed by atoms with Crippen LogP contribution >= 0.6 is 11.3 Å². The Kier molecular flexibility index (Phi) is 4.80. The molecule has 0 saturated heterocycles. The molecule has 3 aromatic rings. The normalized spacial score (nSPS) is 10.7. The number of hydrogen-bond donors (Lipinski definition) is 1. The van der Waals surface area contributed by atoms with E-state index in [0.29, 0.717) is 18.2 Å². The fraction of sp³-hybridized carbons (Fsp3) is 0.188. The molecular formula is C16H15N3O3S. The molecule has 0 aliphatic heterocycles. The Morgan fingerprint density at radius 2 is 2.13 bits per heavy atom. The summed E-state index contributed by atoms with van der Waals surface area (Å²) in [4.78, 5) is 20.3. The molecule has 1 N–H and O–H groups in total. The molecule has 1 aromatic carbocycles. The molecule has 23 heavy (non-hydrogen) atoms. The Morgan fingerprint density at radius 3 is 2.87 bits per heavy atom. The van der Waals surface area contributed by atoms with Crippen LogP contribution in [0, 0.1) is 0 Å². The fourth-order valence-electron chi connectivity index (χ4n) is 1.98. The number of thiazole rings is 1. The highest BCUT2D eigenvalue weighted by atomic mass is 32.1. The van der Waals surface area contributed by atoms with Crippen LogP contribution in [0.1, 0.15) is 5.01 Å². The van der Waals surface area contributed by atoms with E-state index in [-0.39, 0.29) is 12.5 Å². The van der Waals surface area contributed by atoms with Gasteiger partial charge in [-0.1, -0.05) is 12.1 Å². The predicted molar refractivity (Wildman–Crippen MR) is 88.7 cm³/mol. The zero-order chi connectivity index (χ0) is 16.1. The van der Waals surface area contributed by atoms with Crippen molar-refractivity contribution in [3.8, 4) is 5.88 Å². The molecule has 0 unspecified atom stereocenters. The molecule has 0 aliphatic rings. The van der Waals surface area contributed by atoms with Gasteiger partial charge in [0, 0.05) is 6.07 Å². The van der Waals surface area contributed by atoms with E-state index in [2.05, 4.69) is 15.3 Å². The summed E-state index contributed by atoms with van der Waals surface area (Å²) in [6, 6.07) is 11.3. The summed E-state index contributed by atoms with van der Waals surface area (Å²) < 4.78 is 11.5. The summed E-state index contributed by atoms with van der Waals surface area (Å²) in [5.74, 6) is 0.258. The summed E-state index contributed by atoms with van der Waals surface area (Å²) in [7, 11) is 1.54. The van der Waals surface area contributed by atoms with Crippen molar-refractivity contribution in [3.63, 3.8) is 0 Å². The number of hydrogen-bond acceptors (Lipinski definition) is 6. The molecule has 1 amide bonds. The van der Waals surface area contributed by atoms with Gasteiger partial charge >= 0.3 is 0 Å². The number of carbonyl (C=O) groups is 1. The summed E-state index contributed by atoms with van der Waals surface area (Å²) in [5, 5.41) is 3.56. The predicted octanol–water partition coefficient (Wildman–Crippen LogP) is 2.86. The lowest BCUT2D eigenvalue weighted by Crippen LogP contribution is -2.18. The van der Waals surface area contributed by atoms with E-state index in [1.165, 1.54) is 13.3 Å². The maximum atomic E-state index is 11.8. The Bertz CT molecular complexity index is 769. The van der Waals surface area contributed by atoms with Gasteiger partial charge in [0.2, 0.25) is 11.8 Å². The fourth-order valence-corrected chi connectivity index (χ4v) is 2.89. The van der Waals surface area contributed by atoms with Gasteiger partial charge in [0.25, 0.3) is 0 Å². The van der Waals surface area contributed by atoms with Gasteiger partial charge in [0.15, 0.2) is 0 Å². The van der Waals surface area contributed by atoms with Crippen molar-refractivity contribution in [1.82, 2.24) is 9.97 Å². The second-order valence-corrected chi connectivity index (χ2v) is 5.82. The molecule has 0 bridgehead atoms. The highest BCUT2D eigenvalue weighted by Crippen LogP contribution is 2.21. The number of fused-ring (bicyclic) bond motifs is 1. The highest BCUT2D eigenvalue weighted by Gasteiger charge is 2.06. The molecule has 6 nitrogen and oxygen atoms in total. The number of amides is 1. The number of carbonyl (C=O) groups excluding carboxylic acids is 1. The van der Waals surface area contributed by atoms with Crippen LogP contribution < -0.4 is 10.1 Å². The van der Waals surface area contributed by atoms with Crippen molar-refractivity contribution in [2.24, 2.45) is 0 Å². The first-order valence-corrected chi connectivity index (χ1v) is 7.78. The van der Waals surface area contributed by atoms with Crippen LogP contribution in [0.15, 0.2) is 42.6 Å². The Hall–Kier alpha value is -2.51. The number of anilines is 1. The van der Waals surface area contributed by atoms with Crippen molar-refractivity contribution >= 4 is 33.1 Å². The molecular weight excluding hydrogens is 314 g/mol. The highest BCUT2D eigenvalue weighted by molar-refractivity contribution is 7.18. The van der Waals surface area contributed by atoms with E-state index in [1.807, 2.05) is 24.3 Å². The lowest BCUT2D eigenvalue weighted by atomic mass is 10.3. The van der Waals surface area contributed by atoms with Crippen molar-refractivity contribution in [1.29, 1.82) is 0 Å². The van der Waals surface area contributed by atoms with Gasteiger partial charge in [-0.15, -0.1) is 11.3 Å². The molecule has 7 heteroatoms. The van der Waals surface area contributed by atoms with Crippen LogP contribution in [-0.2, 0) is 16.1 Å². The SMILES string of the molecule is COc1ccc(NC(=O)COCc2nc3ccccc3s2)cn1. The average Bonchev–Trinajstić information content (AvgIpc) is 2.98. The van der Waals surface area contributed by atoms with Crippen LogP contribution in [0.4, 0.5) is 5.69 Å². The number of para-hydroxylation sites is 1. The third kappa shape index (κ3) is 4.02. The molecule has 0 fully saturated rings. The Labute approximate surface area is 137 Å². The zero-order valence-electron chi connectivity index (χ0n) is 12.5. The van der Waals surface area contributed by atoms with Gasteiger partial charge in [0.1, 0.15) is 11.6 Å². The van der Waals surface area contributed by atoms with E-state index in [0.717, 1.165) is 15.2 Å². The van der Waals surface area contributed by atoms with Gasteiger partial charge in [-0.05, 0) is 18.2 Å². The second-order valence-electron chi connectivity index (χ2n) is 4.71. The van der Waals surface area contributed by atoms with Crippen LogP contribution in [0.5, 0.6) is 5.88 Å². The second kappa shape index (κ2) is 7.17. The van der Waals surface area contributed by atoms with Crippen molar-refractivity contribution in [2.75, 3.05) is 19.0 Å². The first kappa shape index (κ1) is 15.4. The van der Waals surface area contributed by atoms with E-state index >= 15 is 0 Å². The van der Waals surface area contributed by atoms with E-state index in [1.54, 1.807) is 23.5 Å². The third-order valence-electron chi connectivity index (χ3n) is 3.03. The number of pyridine rings is 1. The smallest absolute Gasteiger partial charge is 0.250 e. The number of methoxy groups -OCH3 is 1. The molecule has 3 rings (SSSR count). The molecule has 0 atom stereocenters. The Balaban J connectivity index is 1.48. The van der Waals surface area contributed by atoms with Crippen molar-refractivity contribution in [2.45, 2.75) is 6.61 Å². The minimum absolute atomic E-state index is 0.0397. The maximum Gasteiger partial charge on any atom is 0.250 e. The van der Waals surface area contributed by atoms with Crippen LogP contribution in [0.3, 0.4) is 0 Å². The zero-order valence-corrected chi connectivity index (χ0v) is 13.3. The summed E-state index contributed by atoms with van der Waals surface area (Å²) in [6.07, 6.45) is 1.53. The summed E-state index contributed by atoms with van der Waals surface area (Å²) in [6.45, 7) is 0.273. The maximum absolute atomic E-state index is 11.8. The molecule has 0 aliphatic carbocycles. The topological polar surface area (TPSA) is 73.3 Å². The molecule has 2 heterocycles. The molecule has 2 aromatic heterocycles. The van der Waals surface area contributed by atoms with Gasteiger partial charge < -0.3 is 14.8 Å². The number of benzene rings is 1. The monoisotopic (exact) mass is 329 g/mol. The average molecular weight is 329 g/mol. The first-order chi connectivity index (χ1) is 11.2. The van der Waals surface area contributed by atoms with Gasteiger partial charge in [-0.3, -0.25) is 4.79 Å². The van der Waals surface area contributed by atoms with Gasteiger partial charge in [0.05, 0.1) is 35.8 Å². The van der Waals surface area contributed by atoms with Gasteiger partial charge in [-0.25, -0.2) is 9.97 Å². The standard InChI is InChI=1S/C16H15N3O3S/c1-21-15-7-6-11(8-17-15)18-14(20)9-22-10-16-19-12-4-2-3-5-13(12)23-16/h2-8H,9-10H2,1H3,(H,18,20). The lowest BCUT2D eigenvalue weighted by Gasteiger charge is -2.05. The molecule has 0 radical (unpaired) electrons. The summed E-state index contributed by atoms with van der Waals surface area (Å²) in [5.41, 5.74) is 1.55. The minimum Gasteiger partial charge on any atom is -0.481 e. The quantitative estimate of drug-likeness (QED) is 0.753. The first-order valence-electron chi connectivity index (χ1n) is 6.96. The number of rotatable bonds is 6. The largest absolute Gasteiger partial charge is 0.481 e. The molecule has 118 valence electrons. The molecule has 0 spiro atoms. The Morgan fingerprint density at radius 1 is 1.26 bits per heavy atom. The van der Waals surface area contributed by atoms with Crippen molar-refractivity contribution in [3.05, 3.63) is 47.6 Å². The molecule has 0 saturated carbocycles. The van der Waals surface area contributed by atoms with E-state index in [9.17, 15) is 4.79 Å². The van der Waals surface area contributed by atoms with Crippen molar-refractivity contribution < 1.29 is 14.3 Å². The van der Waals surface area contributed by atoms with E-state index in [4.69, 9.17) is 9.47 Å².